The minimum absolute atomic E-state index is 0.195. The van der Waals surface area contributed by atoms with Crippen LogP contribution in [0.2, 0.25) is 0 Å². The number of ketones is 1. The van der Waals surface area contributed by atoms with Gasteiger partial charge >= 0.3 is 0 Å². The monoisotopic (exact) mass is 272 g/mol. The van der Waals surface area contributed by atoms with Gasteiger partial charge in [-0.2, -0.15) is 0 Å². The molecule has 0 bridgehead atoms. The van der Waals surface area contributed by atoms with Crippen molar-refractivity contribution in [3.8, 4) is 0 Å². The molecule has 1 aliphatic carbocycles. The average Bonchev–Trinajstić information content (AvgIpc) is 2.45. The van der Waals surface area contributed by atoms with Crippen LogP contribution in [0.1, 0.15) is 5.56 Å². The Morgan fingerprint density at radius 2 is 2.00 bits per heavy atom. The Labute approximate surface area is 117 Å². The molecule has 1 aromatic carbocycles. The minimum atomic E-state index is -1.09. The number of hydrogen-bond donors (Lipinski definition) is 2. The minimum Gasteiger partial charge on any atom is -0.511 e. The highest BCUT2D eigenvalue weighted by atomic mass is 16.5. The summed E-state index contributed by atoms with van der Waals surface area (Å²) < 4.78 is 4.92. The van der Waals surface area contributed by atoms with Crippen LogP contribution < -0.4 is 0 Å². The molecule has 0 radical (unpaired) electrons. The highest BCUT2D eigenvalue weighted by Gasteiger charge is 2.31. The summed E-state index contributed by atoms with van der Waals surface area (Å²) in [5.41, 5.74) is 0.878. The standard InChI is InChI=1S/C16H16O4/c1-20-12-9-14(18)16(15(19)10-12)13(17)8-7-11-5-3-2-4-6-11/h2-10,14,16,18-19H,1H3/t14-,16-/m0/s1. The van der Waals surface area contributed by atoms with E-state index in [1.165, 1.54) is 25.3 Å². The molecule has 104 valence electrons. The van der Waals surface area contributed by atoms with Crippen molar-refractivity contribution in [1.29, 1.82) is 0 Å². The first-order chi connectivity index (χ1) is 9.61. The van der Waals surface area contributed by atoms with E-state index < -0.39 is 12.0 Å². The van der Waals surface area contributed by atoms with Crippen molar-refractivity contribution in [2.45, 2.75) is 6.10 Å². The van der Waals surface area contributed by atoms with Crippen molar-refractivity contribution in [2.75, 3.05) is 7.11 Å². The Bertz CT molecular complexity index is 569. The lowest BCUT2D eigenvalue weighted by Gasteiger charge is -2.22. The summed E-state index contributed by atoms with van der Waals surface area (Å²) in [6.07, 6.45) is 4.66. The molecule has 0 heterocycles. The fourth-order valence-corrected chi connectivity index (χ4v) is 2.01. The van der Waals surface area contributed by atoms with Crippen LogP contribution >= 0.6 is 0 Å². The number of aliphatic hydroxyl groups excluding tert-OH is 2. The number of ether oxygens (including phenoxy) is 1. The Morgan fingerprint density at radius 1 is 1.30 bits per heavy atom. The molecule has 0 fully saturated rings. The summed E-state index contributed by atoms with van der Waals surface area (Å²) >= 11 is 0. The van der Waals surface area contributed by atoms with Crippen LogP contribution in [0.5, 0.6) is 0 Å². The molecule has 0 spiro atoms. The van der Waals surface area contributed by atoms with Crippen LogP contribution in [-0.4, -0.2) is 29.2 Å². The van der Waals surface area contributed by atoms with E-state index in [2.05, 4.69) is 0 Å². The SMILES string of the molecule is COC1=C[C@H](O)[C@H](C(=O)C=Cc2ccccc2)C(O)=C1. The van der Waals surface area contributed by atoms with Crippen LogP contribution in [0.25, 0.3) is 6.08 Å². The molecule has 20 heavy (non-hydrogen) atoms. The highest BCUT2D eigenvalue weighted by Crippen LogP contribution is 2.24. The van der Waals surface area contributed by atoms with Crippen LogP contribution in [0, 0.1) is 5.92 Å². The lowest BCUT2D eigenvalue weighted by molar-refractivity contribution is -0.120. The zero-order valence-electron chi connectivity index (χ0n) is 11.1. The third-order valence-electron chi connectivity index (χ3n) is 3.07. The third kappa shape index (κ3) is 3.16. The fraction of sp³-hybridized carbons (Fsp3) is 0.188. The summed E-state index contributed by atoms with van der Waals surface area (Å²) in [5.74, 6) is -1.19. The van der Waals surface area contributed by atoms with E-state index in [9.17, 15) is 15.0 Å². The fourth-order valence-electron chi connectivity index (χ4n) is 2.01. The summed E-state index contributed by atoms with van der Waals surface area (Å²) in [7, 11) is 1.43. The average molecular weight is 272 g/mol. The number of carbonyl (C=O) groups excluding carboxylic acids is 1. The van der Waals surface area contributed by atoms with Gasteiger partial charge in [0.25, 0.3) is 0 Å². The van der Waals surface area contributed by atoms with Crippen LogP contribution in [0.3, 0.4) is 0 Å². The van der Waals surface area contributed by atoms with Crippen molar-refractivity contribution < 1.29 is 19.7 Å². The molecule has 0 aromatic heterocycles. The maximum atomic E-state index is 12.1. The number of aliphatic hydroxyl groups is 2. The number of allylic oxidation sites excluding steroid dienone is 2. The Morgan fingerprint density at radius 3 is 2.60 bits per heavy atom. The van der Waals surface area contributed by atoms with Gasteiger partial charge in [-0.15, -0.1) is 0 Å². The molecule has 2 atom stereocenters. The summed E-state index contributed by atoms with van der Waals surface area (Å²) in [4.78, 5) is 12.1. The number of benzene rings is 1. The zero-order chi connectivity index (χ0) is 14.5. The molecule has 0 saturated carbocycles. The second kappa shape index (κ2) is 6.21. The van der Waals surface area contributed by atoms with E-state index in [1.807, 2.05) is 30.3 Å². The Hall–Kier alpha value is -2.33. The topological polar surface area (TPSA) is 66.8 Å². The van der Waals surface area contributed by atoms with E-state index in [0.717, 1.165) is 5.56 Å². The first-order valence-electron chi connectivity index (χ1n) is 6.23. The summed E-state index contributed by atoms with van der Waals surface area (Å²) in [5, 5.41) is 19.7. The Balaban J connectivity index is 2.13. The van der Waals surface area contributed by atoms with Crippen molar-refractivity contribution in [3.63, 3.8) is 0 Å². The molecular weight excluding hydrogens is 256 g/mol. The molecule has 0 unspecified atom stereocenters. The molecule has 4 nitrogen and oxygen atoms in total. The van der Waals surface area contributed by atoms with E-state index in [0.29, 0.717) is 5.76 Å². The molecule has 0 amide bonds. The number of methoxy groups -OCH3 is 1. The smallest absolute Gasteiger partial charge is 0.169 e. The quantitative estimate of drug-likeness (QED) is 0.825. The van der Waals surface area contributed by atoms with Crippen LogP contribution in [0.15, 0.2) is 60.1 Å². The second-order valence-electron chi connectivity index (χ2n) is 4.46. The first kappa shape index (κ1) is 14.1. The van der Waals surface area contributed by atoms with Gasteiger partial charge in [-0.05, 0) is 17.7 Å². The first-order valence-corrected chi connectivity index (χ1v) is 6.23. The van der Waals surface area contributed by atoms with E-state index in [-0.39, 0.29) is 11.5 Å². The molecule has 1 aliphatic rings. The predicted octanol–water partition coefficient (Wildman–Crippen LogP) is 2.23. The number of rotatable bonds is 4. The van der Waals surface area contributed by atoms with Gasteiger partial charge in [-0.25, -0.2) is 0 Å². The number of carbonyl (C=O) groups is 1. The van der Waals surface area contributed by atoms with Crippen molar-refractivity contribution in [2.24, 2.45) is 5.92 Å². The van der Waals surface area contributed by atoms with Crippen LogP contribution in [-0.2, 0) is 9.53 Å². The molecule has 0 aliphatic heterocycles. The third-order valence-corrected chi connectivity index (χ3v) is 3.07. The molecule has 2 N–H and O–H groups in total. The molecule has 0 saturated heterocycles. The van der Waals surface area contributed by atoms with Gasteiger partial charge in [0.15, 0.2) is 5.78 Å². The van der Waals surface area contributed by atoms with Crippen molar-refractivity contribution >= 4 is 11.9 Å². The normalized spacial score (nSPS) is 22.3. The molecular formula is C16H16O4. The van der Waals surface area contributed by atoms with Gasteiger partial charge in [0.05, 0.1) is 13.2 Å². The van der Waals surface area contributed by atoms with E-state index in [1.54, 1.807) is 6.08 Å². The number of hydrogen-bond acceptors (Lipinski definition) is 4. The largest absolute Gasteiger partial charge is 0.511 e. The van der Waals surface area contributed by atoms with E-state index in [4.69, 9.17) is 4.74 Å². The highest BCUT2D eigenvalue weighted by molar-refractivity contribution is 5.97. The lowest BCUT2D eigenvalue weighted by Crippen LogP contribution is -2.30. The van der Waals surface area contributed by atoms with Crippen molar-refractivity contribution in [3.05, 3.63) is 65.6 Å². The van der Waals surface area contributed by atoms with Gasteiger partial charge in [-0.3, -0.25) is 4.79 Å². The molecule has 4 heteroatoms. The van der Waals surface area contributed by atoms with Gasteiger partial charge in [0.1, 0.15) is 17.4 Å². The lowest BCUT2D eigenvalue weighted by atomic mass is 9.90. The van der Waals surface area contributed by atoms with Gasteiger partial charge < -0.3 is 14.9 Å². The maximum Gasteiger partial charge on any atom is 0.169 e. The zero-order valence-corrected chi connectivity index (χ0v) is 11.1. The predicted molar refractivity (Wildman–Crippen MR) is 75.8 cm³/mol. The van der Waals surface area contributed by atoms with Crippen LogP contribution in [0.4, 0.5) is 0 Å². The van der Waals surface area contributed by atoms with Gasteiger partial charge in [0, 0.05) is 6.08 Å². The van der Waals surface area contributed by atoms with E-state index >= 15 is 0 Å². The second-order valence-corrected chi connectivity index (χ2v) is 4.46. The van der Waals surface area contributed by atoms with Crippen molar-refractivity contribution in [1.82, 2.24) is 0 Å². The maximum absolute atomic E-state index is 12.1. The summed E-state index contributed by atoms with van der Waals surface area (Å²) in [6, 6.07) is 9.34. The Kier molecular flexibility index (Phi) is 4.38. The molecule has 1 aromatic rings. The van der Waals surface area contributed by atoms with Gasteiger partial charge in [-0.1, -0.05) is 36.4 Å². The summed E-state index contributed by atoms with van der Waals surface area (Å²) in [6.45, 7) is 0. The van der Waals surface area contributed by atoms with Gasteiger partial charge in [0.2, 0.25) is 0 Å². The molecule has 2 rings (SSSR count).